The number of aliphatic carboxylic acids is 1. The summed E-state index contributed by atoms with van der Waals surface area (Å²) >= 11 is 1.63. The minimum Gasteiger partial charge on any atom is -0.481 e. The topological polar surface area (TPSA) is 82.5 Å². The zero-order valence-electron chi connectivity index (χ0n) is 13.8. The van der Waals surface area contributed by atoms with Crippen molar-refractivity contribution >= 4 is 23.3 Å². The summed E-state index contributed by atoms with van der Waals surface area (Å²) in [6.07, 6.45) is 0.667. The molecule has 0 saturated heterocycles. The van der Waals surface area contributed by atoms with Crippen LogP contribution in [0.5, 0.6) is 0 Å². The van der Waals surface area contributed by atoms with Gasteiger partial charge in [-0.2, -0.15) is 0 Å². The molecule has 1 aromatic rings. The number of carbonyl (C=O) groups is 2. The zero-order valence-corrected chi connectivity index (χ0v) is 14.7. The number of carboxylic acids is 1. The van der Waals surface area contributed by atoms with Crippen molar-refractivity contribution in [2.24, 2.45) is 5.92 Å². The highest BCUT2D eigenvalue weighted by Crippen LogP contribution is 2.25. The average Bonchev–Trinajstić information content (AvgIpc) is 2.87. The van der Waals surface area contributed by atoms with Crippen LogP contribution < -0.4 is 5.32 Å². The van der Waals surface area contributed by atoms with E-state index in [2.05, 4.69) is 31.1 Å². The van der Waals surface area contributed by atoms with Crippen molar-refractivity contribution in [2.45, 2.75) is 39.5 Å². The molecule has 0 bridgehead atoms. The normalized spacial score (nSPS) is 12.8. The van der Waals surface area contributed by atoms with Crippen LogP contribution in [0.15, 0.2) is 5.38 Å². The Morgan fingerprint density at radius 1 is 1.45 bits per heavy atom. The van der Waals surface area contributed by atoms with Crippen LogP contribution >= 0.6 is 11.3 Å². The van der Waals surface area contributed by atoms with Crippen molar-refractivity contribution < 1.29 is 14.7 Å². The Balaban J connectivity index is 2.39. The van der Waals surface area contributed by atoms with Gasteiger partial charge in [-0.15, -0.1) is 11.3 Å². The molecule has 0 aliphatic heterocycles. The van der Waals surface area contributed by atoms with E-state index in [4.69, 9.17) is 5.11 Å². The van der Waals surface area contributed by atoms with Crippen LogP contribution in [0.4, 0.5) is 4.79 Å². The van der Waals surface area contributed by atoms with Crippen LogP contribution in [0.25, 0.3) is 0 Å². The van der Waals surface area contributed by atoms with E-state index in [0.717, 1.165) is 10.7 Å². The molecular formula is C15H25N3O3S. The lowest BCUT2D eigenvalue weighted by molar-refractivity contribution is -0.141. The number of amides is 2. The molecule has 124 valence electrons. The molecule has 2 amide bonds. The van der Waals surface area contributed by atoms with Crippen LogP contribution in [-0.4, -0.2) is 47.1 Å². The fraction of sp³-hybridized carbons (Fsp3) is 0.667. The first-order valence-electron chi connectivity index (χ1n) is 7.28. The maximum atomic E-state index is 11.9. The molecule has 1 aromatic heterocycles. The van der Waals surface area contributed by atoms with E-state index in [-0.39, 0.29) is 18.0 Å². The third kappa shape index (κ3) is 5.63. The largest absolute Gasteiger partial charge is 0.481 e. The number of carboxylic acid groups (broad SMARTS) is 1. The number of nitrogens with zero attached hydrogens (tertiary/aromatic N) is 2. The lowest BCUT2D eigenvalue weighted by Crippen LogP contribution is -2.41. The molecule has 1 rings (SSSR count). The van der Waals surface area contributed by atoms with Gasteiger partial charge in [-0.05, 0) is 0 Å². The van der Waals surface area contributed by atoms with E-state index in [0.29, 0.717) is 13.0 Å². The summed E-state index contributed by atoms with van der Waals surface area (Å²) in [7, 11) is 1.59. The molecule has 0 saturated carbocycles. The van der Waals surface area contributed by atoms with E-state index in [1.807, 2.05) is 5.38 Å². The van der Waals surface area contributed by atoms with Gasteiger partial charge in [-0.25, -0.2) is 9.78 Å². The summed E-state index contributed by atoms with van der Waals surface area (Å²) in [5, 5.41) is 14.7. The fourth-order valence-electron chi connectivity index (χ4n) is 1.77. The Kier molecular flexibility index (Phi) is 6.34. The highest BCUT2D eigenvalue weighted by atomic mass is 32.1. The quantitative estimate of drug-likeness (QED) is 0.840. The molecule has 7 heteroatoms. The van der Waals surface area contributed by atoms with Crippen LogP contribution in [0.3, 0.4) is 0 Å². The fourth-order valence-corrected chi connectivity index (χ4v) is 2.71. The van der Waals surface area contributed by atoms with E-state index in [9.17, 15) is 9.59 Å². The first kappa shape index (κ1) is 18.4. The maximum Gasteiger partial charge on any atom is 0.317 e. The number of urea groups is 1. The number of hydrogen-bond acceptors (Lipinski definition) is 4. The Bertz CT molecular complexity index is 522. The Labute approximate surface area is 135 Å². The first-order valence-corrected chi connectivity index (χ1v) is 8.16. The second-order valence-electron chi connectivity index (χ2n) is 6.50. The van der Waals surface area contributed by atoms with Gasteiger partial charge in [0.2, 0.25) is 0 Å². The first-order chi connectivity index (χ1) is 10.1. The third-order valence-electron chi connectivity index (χ3n) is 3.17. The molecule has 0 aliphatic rings. The zero-order chi connectivity index (χ0) is 16.9. The molecule has 0 aliphatic carbocycles. The minimum absolute atomic E-state index is 0.0410. The van der Waals surface area contributed by atoms with Crippen molar-refractivity contribution in [3.8, 4) is 0 Å². The number of thiazole rings is 1. The van der Waals surface area contributed by atoms with Crippen molar-refractivity contribution in [2.75, 3.05) is 20.1 Å². The van der Waals surface area contributed by atoms with Gasteiger partial charge in [0.05, 0.1) is 16.6 Å². The molecular weight excluding hydrogens is 302 g/mol. The van der Waals surface area contributed by atoms with E-state index < -0.39 is 11.9 Å². The Morgan fingerprint density at radius 3 is 2.59 bits per heavy atom. The third-order valence-corrected chi connectivity index (χ3v) is 4.48. The molecule has 1 unspecified atom stereocenters. The lowest BCUT2D eigenvalue weighted by atomic mass is 9.98. The SMILES string of the molecule is CC(CN(C)C(=O)NCCc1csc(C(C)(C)C)n1)C(=O)O. The molecule has 22 heavy (non-hydrogen) atoms. The molecule has 0 aromatic carbocycles. The standard InChI is InChI=1S/C15H25N3O3S/c1-10(12(19)20)8-18(5)14(21)16-7-6-11-9-22-13(17-11)15(2,3)4/h9-10H,6-8H2,1-5H3,(H,16,21)(H,19,20). The monoisotopic (exact) mass is 327 g/mol. The summed E-state index contributed by atoms with van der Waals surface area (Å²) in [6.45, 7) is 8.61. The van der Waals surface area contributed by atoms with Crippen LogP contribution in [-0.2, 0) is 16.6 Å². The molecule has 6 nitrogen and oxygen atoms in total. The second kappa shape index (κ2) is 7.58. The van der Waals surface area contributed by atoms with Gasteiger partial charge in [-0.1, -0.05) is 27.7 Å². The number of aromatic nitrogens is 1. The summed E-state index contributed by atoms with van der Waals surface area (Å²) in [6, 6.07) is -0.264. The maximum absolute atomic E-state index is 11.9. The predicted octanol–water partition coefficient (Wildman–Crippen LogP) is 2.35. The van der Waals surface area contributed by atoms with Gasteiger partial charge in [-0.3, -0.25) is 4.79 Å². The summed E-state index contributed by atoms with van der Waals surface area (Å²) < 4.78 is 0. The second-order valence-corrected chi connectivity index (χ2v) is 7.35. The Hall–Kier alpha value is -1.63. The van der Waals surface area contributed by atoms with Crippen molar-refractivity contribution in [1.29, 1.82) is 0 Å². The van der Waals surface area contributed by atoms with E-state index in [1.54, 1.807) is 25.3 Å². The number of rotatable bonds is 6. The van der Waals surface area contributed by atoms with Crippen molar-refractivity contribution in [1.82, 2.24) is 15.2 Å². The van der Waals surface area contributed by atoms with Crippen LogP contribution in [0.2, 0.25) is 0 Å². The summed E-state index contributed by atoms with van der Waals surface area (Å²) in [4.78, 5) is 28.6. The van der Waals surface area contributed by atoms with Crippen molar-refractivity contribution in [3.63, 3.8) is 0 Å². The minimum atomic E-state index is -0.906. The lowest BCUT2D eigenvalue weighted by Gasteiger charge is -2.19. The molecule has 1 heterocycles. The molecule has 1 atom stereocenters. The van der Waals surface area contributed by atoms with E-state index >= 15 is 0 Å². The van der Waals surface area contributed by atoms with Gasteiger partial charge in [0.1, 0.15) is 0 Å². The smallest absolute Gasteiger partial charge is 0.317 e. The molecule has 0 spiro atoms. The summed E-state index contributed by atoms with van der Waals surface area (Å²) in [5.41, 5.74) is 1.01. The Morgan fingerprint density at radius 2 is 2.09 bits per heavy atom. The van der Waals surface area contributed by atoms with Gasteiger partial charge >= 0.3 is 12.0 Å². The van der Waals surface area contributed by atoms with Crippen LogP contribution in [0, 0.1) is 5.92 Å². The highest BCUT2D eigenvalue weighted by Gasteiger charge is 2.19. The number of carbonyl (C=O) groups excluding carboxylic acids is 1. The summed E-state index contributed by atoms with van der Waals surface area (Å²) in [5.74, 6) is -1.49. The highest BCUT2D eigenvalue weighted by molar-refractivity contribution is 7.09. The van der Waals surface area contributed by atoms with Gasteiger partial charge in [0.25, 0.3) is 0 Å². The van der Waals surface area contributed by atoms with Crippen molar-refractivity contribution in [3.05, 3.63) is 16.1 Å². The number of nitrogens with one attached hydrogen (secondary N) is 1. The molecule has 0 fully saturated rings. The average molecular weight is 327 g/mol. The van der Waals surface area contributed by atoms with Gasteiger partial charge in [0, 0.05) is 37.4 Å². The molecule has 0 radical (unpaired) electrons. The van der Waals surface area contributed by atoms with Gasteiger partial charge < -0.3 is 15.3 Å². The molecule has 2 N–H and O–H groups in total. The van der Waals surface area contributed by atoms with Crippen LogP contribution in [0.1, 0.15) is 38.4 Å². The predicted molar refractivity (Wildman–Crippen MR) is 87.3 cm³/mol. The van der Waals surface area contributed by atoms with E-state index in [1.165, 1.54) is 4.90 Å². The number of hydrogen-bond donors (Lipinski definition) is 2. The van der Waals surface area contributed by atoms with Gasteiger partial charge in [0.15, 0.2) is 0 Å².